The van der Waals surface area contributed by atoms with Crippen molar-refractivity contribution in [2.24, 2.45) is 0 Å². The lowest BCUT2D eigenvalue weighted by molar-refractivity contribution is 0.465. The van der Waals surface area contributed by atoms with Crippen molar-refractivity contribution in [2.45, 2.75) is 18.0 Å². The van der Waals surface area contributed by atoms with Crippen LogP contribution in [0.5, 0.6) is 0 Å². The number of rotatable bonds is 8. The number of thiophene rings is 1. The van der Waals surface area contributed by atoms with Gasteiger partial charge in [0, 0.05) is 0 Å². The van der Waals surface area contributed by atoms with Crippen molar-refractivity contribution in [1.29, 1.82) is 0 Å². The minimum absolute atomic E-state index is 0.0513. The SMILES string of the molecule is O=[P+](O)Cc1ccc(C(NC(c2ccccc2)c2ccccc2)[P+](=O)O)s1. The fourth-order valence-electron chi connectivity index (χ4n) is 2.85. The number of hydrogen-bond donors (Lipinski definition) is 3. The van der Waals surface area contributed by atoms with Gasteiger partial charge >= 0.3 is 16.1 Å². The van der Waals surface area contributed by atoms with E-state index in [0.29, 0.717) is 9.75 Å². The second-order valence-electron chi connectivity index (χ2n) is 5.94. The monoisotopic (exact) mass is 419 g/mol. The third-order valence-electron chi connectivity index (χ3n) is 4.05. The second kappa shape index (κ2) is 9.43. The van der Waals surface area contributed by atoms with Crippen molar-refractivity contribution in [3.8, 4) is 0 Å². The largest absolute Gasteiger partial charge is 0.530 e. The highest BCUT2D eigenvalue weighted by Gasteiger charge is 2.36. The molecule has 0 aliphatic rings. The maximum absolute atomic E-state index is 12.1. The third-order valence-corrected chi connectivity index (χ3v) is 7.07. The van der Waals surface area contributed by atoms with E-state index in [1.165, 1.54) is 11.3 Å². The molecule has 3 aromatic rings. The summed E-state index contributed by atoms with van der Waals surface area (Å²) in [5.41, 5.74) is 1.97. The van der Waals surface area contributed by atoms with Gasteiger partial charge in [0.1, 0.15) is 0 Å². The van der Waals surface area contributed by atoms with E-state index in [1.807, 2.05) is 60.7 Å². The Morgan fingerprint density at radius 1 is 0.852 bits per heavy atom. The molecule has 0 aliphatic heterocycles. The first-order chi connectivity index (χ1) is 13.0. The van der Waals surface area contributed by atoms with Crippen molar-refractivity contribution >= 4 is 27.4 Å². The molecule has 27 heavy (non-hydrogen) atoms. The molecule has 0 radical (unpaired) electrons. The van der Waals surface area contributed by atoms with Crippen LogP contribution < -0.4 is 5.32 Å². The first kappa shape index (κ1) is 20.0. The van der Waals surface area contributed by atoms with E-state index in [0.717, 1.165) is 11.1 Å². The smallest absolute Gasteiger partial charge is 0.255 e. The molecule has 0 bridgehead atoms. The predicted octanol–water partition coefficient (Wildman–Crippen LogP) is 5.10. The molecule has 1 aromatic heterocycles. The van der Waals surface area contributed by atoms with Gasteiger partial charge in [0.15, 0.2) is 0 Å². The first-order valence-corrected chi connectivity index (χ1v) is 11.8. The van der Waals surface area contributed by atoms with Crippen molar-refractivity contribution in [1.82, 2.24) is 5.32 Å². The lowest BCUT2D eigenvalue weighted by Gasteiger charge is -2.20. The molecular weight excluding hydrogens is 400 g/mol. The van der Waals surface area contributed by atoms with Gasteiger partial charge in [-0.1, -0.05) is 60.7 Å². The van der Waals surface area contributed by atoms with Gasteiger partial charge in [-0.2, -0.15) is 9.79 Å². The standard InChI is InChI=1S/C19H17NO4P2S/c21-25(22)13-16-11-12-17(27-16)19(26(23)24)20-18(14-7-3-1-4-8-14)15-9-5-2-6-10-15/h1-12,18-20H,13H2/p+2. The van der Waals surface area contributed by atoms with Crippen LogP contribution in [0.25, 0.3) is 0 Å². The van der Waals surface area contributed by atoms with Crippen LogP contribution in [-0.4, -0.2) is 9.79 Å². The van der Waals surface area contributed by atoms with Crippen LogP contribution in [0.4, 0.5) is 0 Å². The molecular formula is C19H19NO4P2S+2. The van der Waals surface area contributed by atoms with Crippen molar-refractivity contribution in [3.63, 3.8) is 0 Å². The molecule has 3 atom stereocenters. The number of hydrogen-bond acceptors (Lipinski definition) is 4. The predicted molar refractivity (Wildman–Crippen MR) is 108 cm³/mol. The van der Waals surface area contributed by atoms with E-state index in [2.05, 4.69) is 5.32 Å². The van der Waals surface area contributed by atoms with E-state index in [9.17, 15) is 14.0 Å². The third kappa shape index (κ3) is 5.36. The topological polar surface area (TPSA) is 86.6 Å². The molecule has 3 N–H and O–H groups in total. The summed E-state index contributed by atoms with van der Waals surface area (Å²) in [5.74, 6) is -0.777. The van der Waals surface area contributed by atoms with Crippen LogP contribution in [0, 0.1) is 0 Å². The molecule has 3 rings (SSSR count). The summed E-state index contributed by atoms with van der Waals surface area (Å²) in [6.07, 6.45) is 0.0513. The summed E-state index contributed by atoms with van der Waals surface area (Å²) in [7, 11) is -4.83. The Hall–Kier alpha value is -1.78. The van der Waals surface area contributed by atoms with E-state index in [-0.39, 0.29) is 12.2 Å². The molecule has 0 saturated carbocycles. The van der Waals surface area contributed by atoms with Gasteiger partial charge in [-0.25, -0.2) is 0 Å². The van der Waals surface area contributed by atoms with Gasteiger partial charge in [-0.3, -0.25) is 5.32 Å². The average molecular weight is 419 g/mol. The van der Waals surface area contributed by atoms with Gasteiger partial charge in [0.05, 0.1) is 15.8 Å². The van der Waals surface area contributed by atoms with Crippen molar-refractivity contribution < 1.29 is 18.9 Å². The highest BCUT2D eigenvalue weighted by Crippen LogP contribution is 2.42. The van der Waals surface area contributed by atoms with Crippen molar-refractivity contribution in [2.75, 3.05) is 0 Å². The van der Waals surface area contributed by atoms with Crippen LogP contribution in [0.2, 0.25) is 0 Å². The average Bonchev–Trinajstić information content (AvgIpc) is 3.11. The van der Waals surface area contributed by atoms with Crippen LogP contribution in [0.3, 0.4) is 0 Å². The number of benzene rings is 2. The summed E-state index contributed by atoms with van der Waals surface area (Å²) in [4.78, 5) is 20.4. The Balaban J connectivity index is 1.93. The van der Waals surface area contributed by atoms with E-state index >= 15 is 0 Å². The highest BCUT2D eigenvalue weighted by molar-refractivity contribution is 7.39. The molecule has 0 saturated heterocycles. The quantitative estimate of drug-likeness (QED) is 0.443. The fraction of sp³-hybridized carbons (Fsp3) is 0.158. The maximum atomic E-state index is 12.1. The van der Waals surface area contributed by atoms with Crippen LogP contribution in [0.1, 0.15) is 32.7 Å². The molecule has 0 aliphatic carbocycles. The van der Waals surface area contributed by atoms with Crippen LogP contribution in [-0.2, 0) is 15.3 Å². The summed E-state index contributed by atoms with van der Waals surface area (Å²) in [6.45, 7) is 0. The summed E-state index contributed by atoms with van der Waals surface area (Å²) >= 11 is 1.28. The zero-order chi connectivity index (χ0) is 19.2. The highest BCUT2D eigenvalue weighted by atomic mass is 32.1. The Labute approximate surface area is 163 Å². The van der Waals surface area contributed by atoms with Gasteiger partial charge in [-0.05, 0) is 32.4 Å². The minimum Gasteiger partial charge on any atom is -0.255 e. The Morgan fingerprint density at radius 3 is 1.89 bits per heavy atom. The molecule has 0 fully saturated rings. The fourth-order valence-corrected chi connectivity index (χ4v) is 5.57. The van der Waals surface area contributed by atoms with E-state index in [1.54, 1.807) is 12.1 Å². The van der Waals surface area contributed by atoms with Gasteiger partial charge in [-0.15, -0.1) is 11.3 Å². The second-order valence-corrected chi connectivity index (χ2v) is 9.28. The maximum Gasteiger partial charge on any atom is 0.530 e. The van der Waals surface area contributed by atoms with Crippen LogP contribution in [0.15, 0.2) is 72.8 Å². The zero-order valence-corrected chi connectivity index (χ0v) is 16.9. The Morgan fingerprint density at radius 2 is 1.41 bits per heavy atom. The lowest BCUT2D eigenvalue weighted by atomic mass is 9.99. The molecule has 2 aromatic carbocycles. The summed E-state index contributed by atoms with van der Waals surface area (Å²) < 4.78 is 23.2. The Kier molecular flexibility index (Phi) is 6.97. The summed E-state index contributed by atoms with van der Waals surface area (Å²) in [6, 6.07) is 22.7. The first-order valence-electron chi connectivity index (χ1n) is 8.28. The molecule has 0 spiro atoms. The van der Waals surface area contributed by atoms with Gasteiger partial charge in [0.2, 0.25) is 6.16 Å². The molecule has 1 heterocycles. The molecule has 3 unspecified atom stereocenters. The zero-order valence-electron chi connectivity index (χ0n) is 14.3. The lowest BCUT2D eigenvalue weighted by Crippen LogP contribution is -2.25. The van der Waals surface area contributed by atoms with E-state index in [4.69, 9.17) is 4.89 Å². The molecule has 0 amide bonds. The number of nitrogens with one attached hydrogen (secondary N) is 1. The van der Waals surface area contributed by atoms with Crippen molar-refractivity contribution in [3.05, 3.63) is 93.7 Å². The molecule has 8 heteroatoms. The van der Waals surface area contributed by atoms with E-state index < -0.39 is 21.8 Å². The van der Waals surface area contributed by atoms with Crippen LogP contribution >= 0.6 is 27.4 Å². The summed E-state index contributed by atoms with van der Waals surface area (Å²) in [5, 5.41) is 3.31. The Bertz CT molecular complexity index is 878. The molecule has 138 valence electrons. The normalized spacial score (nSPS) is 13.4. The van der Waals surface area contributed by atoms with Gasteiger partial charge < -0.3 is 0 Å². The minimum atomic E-state index is -2.55. The van der Waals surface area contributed by atoms with Gasteiger partial charge in [0.25, 0.3) is 5.78 Å². The molecule has 5 nitrogen and oxygen atoms in total.